The van der Waals surface area contributed by atoms with Gasteiger partial charge in [-0.15, -0.1) is 0 Å². The summed E-state index contributed by atoms with van der Waals surface area (Å²) in [7, 11) is 1.17. The molecule has 5 nitrogen and oxygen atoms in total. The number of ether oxygens (including phenoxy) is 2. The fourth-order valence-corrected chi connectivity index (χ4v) is 1.79. The Labute approximate surface area is 132 Å². The molecule has 0 heterocycles. The summed E-state index contributed by atoms with van der Waals surface area (Å²) in [6.45, 7) is -0.733. The molecule has 0 radical (unpaired) electrons. The molecule has 1 rings (SSSR count). The number of esters is 1. The van der Waals surface area contributed by atoms with Crippen LogP contribution in [0.15, 0.2) is 24.3 Å². The molecular formula is C15H18F3NO4. The summed E-state index contributed by atoms with van der Waals surface area (Å²) >= 11 is 0. The average Bonchev–Trinajstić information content (AvgIpc) is 2.47. The summed E-state index contributed by atoms with van der Waals surface area (Å²) in [5.74, 6) is -1.38. The maximum absolute atomic E-state index is 12.0. The maximum atomic E-state index is 12.0. The third-order valence-corrected chi connectivity index (χ3v) is 3.01. The van der Waals surface area contributed by atoms with Crippen LogP contribution in [0.25, 0.3) is 0 Å². The van der Waals surface area contributed by atoms with Crippen LogP contribution in [-0.2, 0) is 25.6 Å². The van der Waals surface area contributed by atoms with Gasteiger partial charge in [0.05, 0.1) is 7.11 Å². The predicted molar refractivity (Wildman–Crippen MR) is 75.5 cm³/mol. The number of rotatable bonds is 7. The minimum atomic E-state index is -4.51. The van der Waals surface area contributed by atoms with Crippen LogP contribution in [-0.4, -0.2) is 49.8 Å². The van der Waals surface area contributed by atoms with Crippen molar-refractivity contribution in [2.75, 3.05) is 26.9 Å². The number of alkyl halides is 3. The fraction of sp³-hybridized carbons (Fsp3) is 0.467. The Morgan fingerprint density at radius 1 is 1.22 bits per heavy atom. The molecule has 0 aliphatic heterocycles. The highest BCUT2D eigenvalue weighted by Crippen LogP contribution is 2.15. The molecule has 0 spiro atoms. The molecule has 23 heavy (non-hydrogen) atoms. The van der Waals surface area contributed by atoms with Gasteiger partial charge in [-0.2, -0.15) is 13.2 Å². The van der Waals surface area contributed by atoms with Crippen molar-refractivity contribution in [2.24, 2.45) is 0 Å². The van der Waals surface area contributed by atoms with Crippen LogP contribution in [0.1, 0.15) is 11.1 Å². The number of methoxy groups -OCH3 is 1. The van der Waals surface area contributed by atoms with E-state index in [4.69, 9.17) is 0 Å². The van der Waals surface area contributed by atoms with Crippen molar-refractivity contribution >= 4 is 11.9 Å². The highest BCUT2D eigenvalue weighted by atomic mass is 19.4. The number of carbonyl (C=O) groups excluding carboxylic acids is 2. The van der Waals surface area contributed by atoms with Gasteiger partial charge < -0.3 is 14.4 Å². The van der Waals surface area contributed by atoms with Gasteiger partial charge in [-0.05, 0) is 18.1 Å². The van der Waals surface area contributed by atoms with Crippen molar-refractivity contribution in [1.82, 2.24) is 4.90 Å². The van der Waals surface area contributed by atoms with Gasteiger partial charge in [0.2, 0.25) is 5.91 Å². The first kappa shape index (κ1) is 19.0. The Morgan fingerprint density at radius 2 is 1.87 bits per heavy atom. The Balaban J connectivity index is 2.73. The molecule has 1 aromatic rings. The normalized spacial score (nSPS) is 11.2. The van der Waals surface area contributed by atoms with Gasteiger partial charge in [0.1, 0.15) is 19.8 Å². The van der Waals surface area contributed by atoms with Crippen LogP contribution in [0, 0.1) is 6.92 Å². The van der Waals surface area contributed by atoms with E-state index in [-0.39, 0.29) is 13.1 Å². The third-order valence-electron chi connectivity index (χ3n) is 3.01. The van der Waals surface area contributed by atoms with E-state index in [9.17, 15) is 22.8 Å². The molecule has 0 saturated heterocycles. The van der Waals surface area contributed by atoms with Crippen molar-refractivity contribution < 1.29 is 32.2 Å². The molecular weight excluding hydrogens is 315 g/mol. The lowest BCUT2D eigenvalue weighted by atomic mass is 10.1. The number of hydrogen-bond acceptors (Lipinski definition) is 4. The second kappa shape index (κ2) is 8.52. The third kappa shape index (κ3) is 7.14. The molecule has 0 fully saturated rings. The molecule has 0 bridgehead atoms. The molecule has 0 saturated carbocycles. The Hall–Kier alpha value is -2.09. The van der Waals surface area contributed by atoms with E-state index in [0.717, 1.165) is 16.0 Å². The van der Waals surface area contributed by atoms with Crippen molar-refractivity contribution in [3.63, 3.8) is 0 Å². The number of aryl methyl sites for hydroxylation is 1. The SMILES string of the molecule is COC(=O)CN(Cc1ccccc1C)C(=O)COCC(F)(F)F. The maximum Gasteiger partial charge on any atom is 0.411 e. The number of nitrogens with zero attached hydrogens (tertiary/aromatic N) is 1. The molecule has 0 aliphatic rings. The average molecular weight is 333 g/mol. The first-order valence-corrected chi connectivity index (χ1v) is 6.76. The number of carbonyl (C=O) groups is 2. The molecule has 1 amide bonds. The van der Waals surface area contributed by atoms with E-state index >= 15 is 0 Å². The highest BCUT2D eigenvalue weighted by molar-refractivity contribution is 5.82. The smallest absolute Gasteiger partial charge is 0.411 e. The summed E-state index contributed by atoms with van der Waals surface area (Å²) in [6, 6.07) is 7.18. The quantitative estimate of drug-likeness (QED) is 0.717. The molecule has 0 N–H and O–H groups in total. The molecule has 128 valence electrons. The van der Waals surface area contributed by atoms with E-state index < -0.39 is 31.3 Å². The standard InChI is InChI=1S/C15H18F3NO4/c1-11-5-3-4-6-12(11)7-19(8-14(21)22-2)13(20)9-23-10-15(16,17)18/h3-6H,7-10H2,1-2H3. The van der Waals surface area contributed by atoms with Crippen molar-refractivity contribution in [3.8, 4) is 0 Å². The summed E-state index contributed by atoms with van der Waals surface area (Å²) in [4.78, 5) is 24.5. The summed E-state index contributed by atoms with van der Waals surface area (Å²) in [6.07, 6.45) is -4.51. The fourth-order valence-electron chi connectivity index (χ4n) is 1.79. The second-order valence-electron chi connectivity index (χ2n) is 4.86. The molecule has 0 unspecified atom stereocenters. The Kier molecular flexibility index (Phi) is 7.02. The molecule has 1 aromatic carbocycles. The first-order valence-electron chi connectivity index (χ1n) is 6.76. The lowest BCUT2D eigenvalue weighted by molar-refractivity contribution is -0.178. The topological polar surface area (TPSA) is 55.8 Å². The molecule has 8 heteroatoms. The number of hydrogen-bond donors (Lipinski definition) is 0. The van der Waals surface area contributed by atoms with Crippen LogP contribution < -0.4 is 0 Å². The van der Waals surface area contributed by atoms with E-state index in [1.165, 1.54) is 7.11 Å². The number of halogens is 3. The van der Waals surface area contributed by atoms with Crippen molar-refractivity contribution in [3.05, 3.63) is 35.4 Å². The summed E-state index contributed by atoms with van der Waals surface area (Å²) in [5.41, 5.74) is 1.67. The minimum Gasteiger partial charge on any atom is -0.468 e. The number of amides is 1. The van der Waals surface area contributed by atoms with Gasteiger partial charge in [-0.25, -0.2) is 0 Å². The van der Waals surface area contributed by atoms with E-state index in [2.05, 4.69) is 9.47 Å². The van der Waals surface area contributed by atoms with Crippen LogP contribution in [0.3, 0.4) is 0 Å². The van der Waals surface area contributed by atoms with Gasteiger partial charge >= 0.3 is 12.1 Å². The van der Waals surface area contributed by atoms with Gasteiger partial charge in [0.15, 0.2) is 0 Å². The number of benzene rings is 1. The van der Waals surface area contributed by atoms with Crippen molar-refractivity contribution in [2.45, 2.75) is 19.6 Å². The Bertz CT molecular complexity index is 546. The van der Waals surface area contributed by atoms with E-state index in [0.29, 0.717) is 0 Å². The van der Waals surface area contributed by atoms with Crippen LogP contribution in [0.2, 0.25) is 0 Å². The summed E-state index contributed by atoms with van der Waals surface area (Å²) < 4.78 is 45.0. The summed E-state index contributed by atoms with van der Waals surface area (Å²) in [5, 5.41) is 0. The lowest BCUT2D eigenvalue weighted by Gasteiger charge is -2.22. The van der Waals surface area contributed by atoms with Crippen molar-refractivity contribution in [1.29, 1.82) is 0 Å². The molecule has 0 atom stereocenters. The van der Waals surface area contributed by atoms with Crippen LogP contribution in [0.5, 0.6) is 0 Å². The second-order valence-corrected chi connectivity index (χ2v) is 4.86. The predicted octanol–water partition coefficient (Wildman–Crippen LogP) is 2.08. The monoisotopic (exact) mass is 333 g/mol. The van der Waals surface area contributed by atoms with Gasteiger partial charge in [-0.1, -0.05) is 24.3 Å². The molecule has 0 aromatic heterocycles. The largest absolute Gasteiger partial charge is 0.468 e. The zero-order valence-corrected chi connectivity index (χ0v) is 12.9. The highest BCUT2D eigenvalue weighted by Gasteiger charge is 2.28. The lowest BCUT2D eigenvalue weighted by Crippen LogP contribution is -2.38. The first-order chi connectivity index (χ1) is 10.7. The van der Waals surface area contributed by atoms with E-state index in [1.807, 2.05) is 19.1 Å². The Morgan fingerprint density at radius 3 is 2.43 bits per heavy atom. The van der Waals surface area contributed by atoms with Crippen LogP contribution in [0.4, 0.5) is 13.2 Å². The van der Waals surface area contributed by atoms with Gasteiger partial charge in [0, 0.05) is 6.54 Å². The van der Waals surface area contributed by atoms with Gasteiger partial charge in [0.25, 0.3) is 0 Å². The molecule has 0 aliphatic carbocycles. The van der Waals surface area contributed by atoms with Crippen LogP contribution >= 0.6 is 0 Å². The zero-order valence-electron chi connectivity index (χ0n) is 12.9. The minimum absolute atomic E-state index is 0.0793. The van der Waals surface area contributed by atoms with Gasteiger partial charge in [-0.3, -0.25) is 9.59 Å². The van der Waals surface area contributed by atoms with E-state index in [1.54, 1.807) is 12.1 Å². The zero-order chi connectivity index (χ0) is 17.5.